The number of rotatable bonds is 5. The maximum atomic E-state index is 11.2. The van der Waals surface area contributed by atoms with Crippen LogP contribution in [0.2, 0.25) is 0 Å². The number of carboxylic acids is 1. The third-order valence-electron chi connectivity index (χ3n) is 5.65. The first-order chi connectivity index (χ1) is 14.3. The molecule has 4 aromatic rings. The van der Waals surface area contributed by atoms with Crippen molar-refractivity contribution in [2.75, 3.05) is 7.11 Å². The van der Waals surface area contributed by atoms with Crippen LogP contribution in [0, 0.1) is 20.8 Å². The van der Waals surface area contributed by atoms with E-state index in [1.165, 1.54) is 26.6 Å². The zero-order valence-corrected chi connectivity index (χ0v) is 19.8. The molecule has 0 aliphatic carbocycles. The summed E-state index contributed by atoms with van der Waals surface area (Å²) in [5, 5.41) is 12.7. The average Bonchev–Trinajstić information content (AvgIpc) is 3.03. The van der Waals surface area contributed by atoms with Crippen LogP contribution < -0.4 is 4.74 Å². The number of fused-ring (bicyclic) bond motifs is 2. The average molecular weight is 483 g/mol. The van der Waals surface area contributed by atoms with Crippen molar-refractivity contribution < 1.29 is 14.6 Å². The lowest BCUT2D eigenvalue weighted by molar-refractivity contribution is -0.136. The largest absolute Gasteiger partial charge is 0.496 e. The second-order valence-corrected chi connectivity index (χ2v) is 9.52. The van der Waals surface area contributed by atoms with Crippen molar-refractivity contribution >= 4 is 54.1 Å². The Balaban J connectivity index is 2.11. The van der Waals surface area contributed by atoms with Crippen LogP contribution in [0.5, 0.6) is 5.75 Å². The molecule has 0 radical (unpaired) electrons. The van der Waals surface area contributed by atoms with Crippen molar-refractivity contribution in [1.82, 2.24) is 0 Å². The van der Waals surface area contributed by atoms with Crippen molar-refractivity contribution in [3.05, 3.63) is 62.4 Å². The molecule has 1 aromatic heterocycles. The second-order valence-electron chi connectivity index (χ2n) is 7.63. The van der Waals surface area contributed by atoms with Crippen LogP contribution in [0.1, 0.15) is 28.0 Å². The Bertz CT molecular complexity index is 1280. The zero-order valence-electron chi connectivity index (χ0n) is 17.4. The second kappa shape index (κ2) is 8.05. The summed E-state index contributed by atoms with van der Waals surface area (Å²) in [5.74, 6) is 0.151. The van der Waals surface area contributed by atoms with Crippen LogP contribution in [-0.4, -0.2) is 18.2 Å². The van der Waals surface area contributed by atoms with E-state index in [-0.39, 0.29) is 6.42 Å². The Labute approximate surface area is 188 Å². The number of hydrogen-bond donors (Lipinski definition) is 1. The van der Waals surface area contributed by atoms with Gasteiger partial charge in [-0.3, -0.25) is 4.79 Å². The predicted molar refractivity (Wildman–Crippen MR) is 129 cm³/mol. The highest BCUT2D eigenvalue weighted by Crippen LogP contribution is 2.48. The van der Waals surface area contributed by atoms with Crippen molar-refractivity contribution in [3.8, 4) is 16.9 Å². The maximum Gasteiger partial charge on any atom is 0.303 e. The highest BCUT2D eigenvalue weighted by molar-refractivity contribution is 9.11. The first-order valence-corrected chi connectivity index (χ1v) is 11.4. The van der Waals surface area contributed by atoms with Crippen LogP contribution >= 0.6 is 27.3 Å². The molecular weight excluding hydrogens is 460 g/mol. The number of aliphatic carboxylic acids is 1. The van der Waals surface area contributed by atoms with E-state index in [0.717, 1.165) is 37.2 Å². The molecule has 1 heterocycles. The van der Waals surface area contributed by atoms with E-state index >= 15 is 0 Å². The van der Waals surface area contributed by atoms with Gasteiger partial charge in [0.2, 0.25) is 0 Å². The van der Waals surface area contributed by atoms with Crippen molar-refractivity contribution in [2.45, 2.75) is 33.6 Å². The summed E-state index contributed by atoms with van der Waals surface area (Å²) in [4.78, 5) is 12.3. The van der Waals surface area contributed by atoms with Crippen LogP contribution in [0.4, 0.5) is 0 Å². The minimum absolute atomic E-state index is 0.140. The molecule has 0 atom stereocenters. The molecule has 0 spiro atoms. The normalized spacial score (nSPS) is 11.4. The maximum absolute atomic E-state index is 11.2. The van der Waals surface area contributed by atoms with Gasteiger partial charge in [0.05, 0.1) is 18.2 Å². The van der Waals surface area contributed by atoms with Gasteiger partial charge in [-0.05, 0) is 93.8 Å². The lowest BCUT2D eigenvalue weighted by atomic mass is 9.91. The zero-order chi connectivity index (χ0) is 21.6. The van der Waals surface area contributed by atoms with E-state index in [1.54, 1.807) is 18.4 Å². The summed E-state index contributed by atoms with van der Waals surface area (Å²) in [6.45, 7) is 6.27. The Morgan fingerprint density at radius 2 is 1.73 bits per heavy atom. The van der Waals surface area contributed by atoms with Crippen LogP contribution in [0.25, 0.3) is 32.0 Å². The Morgan fingerprint density at radius 1 is 1.10 bits per heavy atom. The highest BCUT2D eigenvalue weighted by atomic mass is 79.9. The third-order valence-corrected chi connectivity index (χ3v) is 8.10. The number of aryl methyl sites for hydroxylation is 4. The Morgan fingerprint density at radius 3 is 2.33 bits per heavy atom. The lowest BCUT2D eigenvalue weighted by Gasteiger charge is -2.16. The van der Waals surface area contributed by atoms with E-state index in [0.29, 0.717) is 6.42 Å². The molecule has 154 valence electrons. The number of ether oxygens (including phenoxy) is 1. The number of thiophene rings is 1. The van der Waals surface area contributed by atoms with Gasteiger partial charge in [0.1, 0.15) is 5.75 Å². The van der Waals surface area contributed by atoms with Gasteiger partial charge in [-0.15, -0.1) is 11.3 Å². The standard InChI is InChI=1S/C25H23BrO3S/c1-13-11-16(12-14(2)24(13)29-4)22-17-7-5-6-8-18(17)23(26)25-21(22)15(3)19(30-25)9-10-20(27)28/h5-8,11-12H,9-10H2,1-4H3,(H,27,28). The molecule has 0 amide bonds. The first kappa shape index (κ1) is 20.9. The third kappa shape index (κ3) is 3.40. The molecule has 0 fully saturated rings. The predicted octanol–water partition coefficient (Wildman–Crippen LogP) is 7.44. The van der Waals surface area contributed by atoms with Crippen LogP contribution in [-0.2, 0) is 11.2 Å². The quantitative estimate of drug-likeness (QED) is 0.321. The van der Waals surface area contributed by atoms with Gasteiger partial charge in [0.15, 0.2) is 0 Å². The molecule has 3 aromatic carbocycles. The van der Waals surface area contributed by atoms with Gasteiger partial charge in [-0.1, -0.05) is 24.3 Å². The number of carboxylic acid groups (broad SMARTS) is 1. The van der Waals surface area contributed by atoms with Gasteiger partial charge >= 0.3 is 5.97 Å². The molecule has 4 rings (SSSR count). The molecule has 30 heavy (non-hydrogen) atoms. The molecule has 3 nitrogen and oxygen atoms in total. The molecule has 0 aliphatic heterocycles. The number of halogens is 1. The van der Waals surface area contributed by atoms with E-state index in [1.807, 2.05) is 0 Å². The number of benzene rings is 3. The molecule has 0 unspecified atom stereocenters. The van der Waals surface area contributed by atoms with Crippen LogP contribution in [0.3, 0.4) is 0 Å². The van der Waals surface area contributed by atoms with Gasteiger partial charge in [-0.2, -0.15) is 0 Å². The smallest absolute Gasteiger partial charge is 0.303 e. The van der Waals surface area contributed by atoms with Crippen LogP contribution in [0.15, 0.2) is 40.9 Å². The highest BCUT2D eigenvalue weighted by Gasteiger charge is 2.21. The minimum Gasteiger partial charge on any atom is -0.496 e. The van der Waals surface area contributed by atoms with E-state index in [2.05, 4.69) is 73.1 Å². The van der Waals surface area contributed by atoms with E-state index < -0.39 is 5.97 Å². The molecule has 0 saturated carbocycles. The summed E-state index contributed by atoms with van der Waals surface area (Å²) < 4.78 is 7.83. The first-order valence-electron chi connectivity index (χ1n) is 9.83. The molecule has 5 heteroatoms. The Kier molecular flexibility index (Phi) is 5.60. The fraction of sp³-hybridized carbons (Fsp3) is 0.240. The molecule has 1 N–H and O–H groups in total. The Hall–Kier alpha value is -2.37. The van der Waals surface area contributed by atoms with Gasteiger partial charge < -0.3 is 9.84 Å². The SMILES string of the molecule is COc1c(C)cc(-c2c3ccccc3c(Br)c3sc(CCC(=O)O)c(C)c23)cc1C. The van der Waals surface area contributed by atoms with Crippen molar-refractivity contribution in [2.24, 2.45) is 0 Å². The van der Waals surface area contributed by atoms with Gasteiger partial charge in [0, 0.05) is 14.7 Å². The molecule has 0 bridgehead atoms. The number of methoxy groups -OCH3 is 1. The van der Waals surface area contributed by atoms with Crippen molar-refractivity contribution in [3.63, 3.8) is 0 Å². The fourth-order valence-corrected chi connectivity index (χ4v) is 6.39. The summed E-state index contributed by atoms with van der Waals surface area (Å²) in [7, 11) is 1.71. The molecule has 0 aliphatic rings. The van der Waals surface area contributed by atoms with Gasteiger partial charge in [-0.25, -0.2) is 0 Å². The summed E-state index contributed by atoms with van der Waals surface area (Å²) >= 11 is 5.54. The number of hydrogen-bond acceptors (Lipinski definition) is 3. The minimum atomic E-state index is -0.766. The topological polar surface area (TPSA) is 46.5 Å². The van der Waals surface area contributed by atoms with Crippen molar-refractivity contribution in [1.29, 1.82) is 0 Å². The van der Waals surface area contributed by atoms with E-state index in [9.17, 15) is 9.90 Å². The van der Waals surface area contributed by atoms with Gasteiger partial charge in [0.25, 0.3) is 0 Å². The molecule has 0 saturated heterocycles. The summed E-state index contributed by atoms with van der Waals surface area (Å²) in [6.07, 6.45) is 0.685. The van der Waals surface area contributed by atoms with E-state index in [4.69, 9.17) is 4.74 Å². The molecular formula is C25H23BrO3S. The number of carbonyl (C=O) groups is 1. The summed E-state index contributed by atoms with van der Waals surface area (Å²) in [6, 6.07) is 12.8. The monoisotopic (exact) mass is 482 g/mol. The lowest BCUT2D eigenvalue weighted by Crippen LogP contribution is -1.97. The fourth-order valence-electron chi connectivity index (χ4n) is 4.34. The summed E-state index contributed by atoms with van der Waals surface area (Å²) in [5.41, 5.74) is 5.74.